The number of nitrogens with one attached hydrogen (secondary N) is 3. The fourth-order valence-corrected chi connectivity index (χ4v) is 2.83. The van der Waals surface area contributed by atoms with Gasteiger partial charge in [-0.15, -0.1) is 0 Å². The second kappa shape index (κ2) is 10.4. The first-order chi connectivity index (χ1) is 12.2. The van der Waals surface area contributed by atoms with Gasteiger partial charge in [-0.25, -0.2) is 4.98 Å². The molecule has 132 valence electrons. The first-order valence-corrected chi connectivity index (χ1v) is 8.60. The number of methoxy groups -OCH3 is 1. The summed E-state index contributed by atoms with van der Waals surface area (Å²) in [7, 11) is 1.62. The summed E-state index contributed by atoms with van der Waals surface area (Å²) in [5.74, 6) is 2.20. The largest absolute Gasteiger partial charge is 0.495 e. The van der Waals surface area contributed by atoms with Crippen LogP contribution in [0.2, 0.25) is 0 Å². The Hall–Kier alpha value is -2.54. The molecule has 2 aromatic rings. The minimum atomic E-state index is 0.390. The molecule has 3 N–H and O–H groups in total. The van der Waals surface area contributed by atoms with Gasteiger partial charge in [0, 0.05) is 12.4 Å². The van der Waals surface area contributed by atoms with Gasteiger partial charge in [-0.2, -0.15) is 0 Å². The molecule has 25 heavy (non-hydrogen) atoms. The lowest BCUT2D eigenvalue weighted by Gasteiger charge is -2.10. The highest BCUT2D eigenvalue weighted by atomic mass is 32.1. The Bertz CT molecular complexity index is 657. The number of thiocarbonyl (C=S) groups is 1. The van der Waals surface area contributed by atoms with Gasteiger partial charge in [-0.05, 0) is 54.7 Å². The van der Waals surface area contributed by atoms with Gasteiger partial charge in [0.2, 0.25) is 0 Å². The average molecular weight is 357 g/mol. The van der Waals surface area contributed by atoms with Crippen LogP contribution in [0.4, 0.5) is 5.82 Å². The second-order valence-corrected chi connectivity index (χ2v) is 6.00. The van der Waals surface area contributed by atoms with Crippen molar-refractivity contribution in [2.75, 3.05) is 12.4 Å². The Balaban J connectivity index is 0.000000236. The number of aromatic nitrogens is 2. The summed E-state index contributed by atoms with van der Waals surface area (Å²) in [4.78, 5) is 8.16. The van der Waals surface area contributed by atoms with Crippen LogP contribution in [0.3, 0.4) is 0 Å². The van der Waals surface area contributed by atoms with Crippen molar-refractivity contribution in [3.8, 4) is 5.75 Å². The number of hydrogen-bond donors (Lipinski definition) is 3. The van der Waals surface area contributed by atoms with Crippen LogP contribution in [0.1, 0.15) is 37.2 Å². The standard InChI is InChI=1S/C12H16N4S.C6H7NO/c13-8-15-12(17)16-11-6-5-10(7-14-11)9-3-1-2-4-9;1-8-6-3-2-4-7-5-6/h5-9H,1-4H2,(H3,13,14,15,16,17);2-5H,1H3. The molecule has 0 aliphatic heterocycles. The third kappa shape index (κ3) is 6.46. The smallest absolute Gasteiger partial charge is 0.177 e. The Morgan fingerprint density at radius 3 is 2.60 bits per heavy atom. The average Bonchev–Trinajstić information content (AvgIpc) is 3.18. The predicted molar refractivity (Wildman–Crippen MR) is 104 cm³/mol. The van der Waals surface area contributed by atoms with Gasteiger partial charge in [-0.3, -0.25) is 10.4 Å². The third-order valence-corrected chi connectivity index (χ3v) is 4.15. The molecule has 3 rings (SSSR count). The van der Waals surface area contributed by atoms with Crippen molar-refractivity contribution in [1.29, 1.82) is 5.41 Å². The van der Waals surface area contributed by atoms with E-state index in [1.807, 2.05) is 24.4 Å². The van der Waals surface area contributed by atoms with E-state index >= 15 is 0 Å². The lowest BCUT2D eigenvalue weighted by atomic mass is 10.00. The summed E-state index contributed by atoms with van der Waals surface area (Å²) >= 11 is 4.96. The molecule has 0 radical (unpaired) electrons. The van der Waals surface area contributed by atoms with E-state index in [9.17, 15) is 0 Å². The van der Waals surface area contributed by atoms with E-state index in [4.69, 9.17) is 22.4 Å². The number of ether oxygens (including phenoxy) is 1. The molecule has 2 heterocycles. The molecule has 0 amide bonds. The number of rotatable bonds is 4. The van der Waals surface area contributed by atoms with Crippen LogP contribution in [0.5, 0.6) is 5.75 Å². The Kier molecular flexibility index (Phi) is 7.78. The van der Waals surface area contributed by atoms with Gasteiger partial charge in [0.25, 0.3) is 0 Å². The van der Waals surface area contributed by atoms with E-state index in [0.717, 1.165) is 12.1 Å². The van der Waals surface area contributed by atoms with Crippen LogP contribution in [-0.4, -0.2) is 28.5 Å². The van der Waals surface area contributed by atoms with Crippen molar-refractivity contribution in [1.82, 2.24) is 15.3 Å². The first-order valence-electron chi connectivity index (χ1n) is 8.19. The highest BCUT2D eigenvalue weighted by Crippen LogP contribution is 2.33. The monoisotopic (exact) mass is 357 g/mol. The van der Waals surface area contributed by atoms with Crippen LogP contribution in [0.25, 0.3) is 0 Å². The van der Waals surface area contributed by atoms with E-state index in [2.05, 4.69) is 26.7 Å². The van der Waals surface area contributed by atoms with Gasteiger partial charge >= 0.3 is 0 Å². The summed E-state index contributed by atoms with van der Waals surface area (Å²) in [5, 5.41) is 12.8. The SMILES string of the molecule is COc1cccnc1.N=CNC(=S)Nc1ccc(C2CCCC2)cn1. The summed E-state index contributed by atoms with van der Waals surface area (Å²) < 4.78 is 4.85. The normalized spacial score (nSPS) is 13.3. The van der Waals surface area contributed by atoms with Crippen LogP contribution in [0.15, 0.2) is 42.9 Å². The molecule has 0 atom stereocenters. The lowest BCUT2D eigenvalue weighted by molar-refractivity contribution is 0.413. The zero-order valence-electron chi connectivity index (χ0n) is 14.2. The fraction of sp³-hybridized carbons (Fsp3) is 0.333. The maximum absolute atomic E-state index is 6.86. The van der Waals surface area contributed by atoms with Gasteiger partial charge in [0.05, 0.1) is 19.6 Å². The highest BCUT2D eigenvalue weighted by Gasteiger charge is 2.17. The number of anilines is 1. The van der Waals surface area contributed by atoms with Crippen molar-refractivity contribution in [2.24, 2.45) is 0 Å². The second-order valence-electron chi connectivity index (χ2n) is 5.59. The van der Waals surface area contributed by atoms with E-state index in [-0.39, 0.29) is 0 Å². The minimum absolute atomic E-state index is 0.390. The topological polar surface area (TPSA) is 82.9 Å². The minimum Gasteiger partial charge on any atom is -0.495 e. The number of hydrogen-bond acceptors (Lipinski definition) is 5. The van der Waals surface area contributed by atoms with Crippen molar-refractivity contribution in [3.63, 3.8) is 0 Å². The third-order valence-electron chi connectivity index (χ3n) is 3.93. The van der Waals surface area contributed by atoms with Crippen LogP contribution < -0.4 is 15.4 Å². The maximum Gasteiger partial charge on any atom is 0.177 e. The molecule has 1 fully saturated rings. The van der Waals surface area contributed by atoms with Crippen LogP contribution in [0, 0.1) is 5.41 Å². The van der Waals surface area contributed by atoms with Crippen LogP contribution in [-0.2, 0) is 0 Å². The summed E-state index contributed by atoms with van der Waals surface area (Å²) in [6.07, 6.45) is 11.6. The number of pyridine rings is 2. The van der Waals surface area contributed by atoms with Crippen molar-refractivity contribution in [3.05, 3.63) is 48.4 Å². The van der Waals surface area contributed by atoms with Crippen molar-refractivity contribution in [2.45, 2.75) is 31.6 Å². The first kappa shape index (κ1) is 18.8. The van der Waals surface area contributed by atoms with E-state index in [0.29, 0.717) is 16.8 Å². The van der Waals surface area contributed by atoms with Crippen molar-refractivity contribution >= 4 is 29.5 Å². The van der Waals surface area contributed by atoms with Crippen LogP contribution >= 0.6 is 12.2 Å². The summed E-state index contributed by atoms with van der Waals surface area (Å²) in [5.41, 5.74) is 1.32. The molecule has 1 aliphatic rings. The zero-order valence-corrected chi connectivity index (χ0v) is 15.1. The molecule has 2 aromatic heterocycles. The molecule has 6 nitrogen and oxygen atoms in total. The number of nitrogens with zero attached hydrogens (tertiary/aromatic N) is 2. The molecule has 0 saturated heterocycles. The van der Waals surface area contributed by atoms with E-state index in [1.165, 1.54) is 31.2 Å². The highest BCUT2D eigenvalue weighted by molar-refractivity contribution is 7.80. The van der Waals surface area contributed by atoms with Gasteiger partial charge < -0.3 is 15.4 Å². The van der Waals surface area contributed by atoms with Crippen molar-refractivity contribution < 1.29 is 4.74 Å². The maximum atomic E-state index is 6.86. The molecular weight excluding hydrogens is 334 g/mol. The van der Waals surface area contributed by atoms with Gasteiger partial charge in [-0.1, -0.05) is 18.9 Å². The predicted octanol–water partition coefficient (Wildman–Crippen LogP) is 3.72. The zero-order chi connectivity index (χ0) is 17.9. The van der Waals surface area contributed by atoms with E-state index in [1.54, 1.807) is 19.5 Å². The molecule has 0 aromatic carbocycles. The molecule has 0 spiro atoms. The van der Waals surface area contributed by atoms with Gasteiger partial charge in [0.1, 0.15) is 11.6 Å². The quantitative estimate of drug-likeness (QED) is 0.439. The Morgan fingerprint density at radius 1 is 1.28 bits per heavy atom. The van der Waals surface area contributed by atoms with Gasteiger partial charge in [0.15, 0.2) is 5.11 Å². The molecule has 0 unspecified atom stereocenters. The summed E-state index contributed by atoms with van der Waals surface area (Å²) in [6, 6.07) is 7.73. The molecular formula is C18H23N5OS. The summed E-state index contributed by atoms with van der Waals surface area (Å²) in [6.45, 7) is 0. The lowest BCUT2D eigenvalue weighted by Crippen LogP contribution is -2.26. The molecule has 1 aliphatic carbocycles. The molecule has 1 saturated carbocycles. The van der Waals surface area contributed by atoms with E-state index < -0.39 is 0 Å². The molecule has 0 bridgehead atoms. The Morgan fingerprint density at radius 2 is 2.08 bits per heavy atom. The Labute approximate surface area is 153 Å². The molecule has 7 heteroatoms. The fourth-order valence-electron chi connectivity index (χ4n) is 2.67.